The number of benzene rings is 2. The van der Waals surface area contributed by atoms with E-state index in [1.807, 2.05) is 24.5 Å². The van der Waals surface area contributed by atoms with Crippen LogP contribution in [0.15, 0.2) is 54.9 Å². The van der Waals surface area contributed by atoms with Crippen molar-refractivity contribution in [2.45, 2.75) is 6.54 Å². The minimum atomic E-state index is 0.785. The summed E-state index contributed by atoms with van der Waals surface area (Å²) >= 11 is 0. The van der Waals surface area contributed by atoms with Gasteiger partial charge in [0.15, 0.2) is 0 Å². The maximum atomic E-state index is 5.37. The largest absolute Gasteiger partial charge is 0.497 e. The van der Waals surface area contributed by atoms with Gasteiger partial charge in [0.2, 0.25) is 0 Å². The van der Waals surface area contributed by atoms with Crippen molar-refractivity contribution in [1.29, 1.82) is 0 Å². The molecule has 3 heterocycles. The van der Waals surface area contributed by atoms with E-state index in [0.29, 0.717) is 0 Å². The first-order valence-corrected chi connectivity index (χ1v) is 7.89. The molecule has 0 aliphatic carbocycles. The Hall–Kier alpha value is -3.21. The molecule has 0 saturated heterocycles. The summed E-state index contributed by atoms with van der Waals surface area (Å²) in [6, 6.07) is 14.5. The van der Waals surface area contributed by atoms with Gasteiger partial charge in [0.25, 0.3) is 0 Å². The lowest BCUT2D eigenvalue weighted by molar-refractivity contribution is 0.415. The molecule has 0 spiro atoms. The number of nitrogens with zero attached hydrogens (tertiary/aromatic N) is 2. The number of hydrogen-bond acceptors (Lipinski definition) is 4. The molecule has 1 aliphatic heterocycles. The molecule has 2 aromatic carbocycles. The Labute approximate surface area is 138 Å². The molecule has 2 N–H and O–H groups in total. The lowest BCUT2D eigenvalue weighted by Gasteiger charge is -2.18. The second-order valence-electron chi connectivity index (χ2n) is 5.98. The summed E-state index contributed by atoms with van der Waals surface area (Å²) in [6.45, 7) is 0.785. The van der Waals surface area contributed by atoms with Crippen molar-refractivity contribution >= 4 is 33.2 Å². The van der Waals surface area contributed by atoms with Gasteiger partial charge in [0, 0.05) is 22.7 Å². The molecule has 0 amide bonds. The third-order valence-electron chi connectivity index (χ3n) is 4.61. The maximum absolute atomic E-state index is 5.37. The lowest BCUT2D eigenvalue weighted by atomic mass is 10.1. The Bertz CT molecular complexity index is 1070. The van der Waals surface area contributed by atoms with Crippen LogP contribution < -0.4 is 15.2 Å². The van der Waals surface area contributed by atoms with Gasteiger partial charge < -0.3 is 9.72 Å². The number of pyridine rings is 1. The second kappa shape index (κ2) is 4.89. The number of hydrogen-bond donors (Lipinski definition) is 2. The van der Waals surface area contributed by atoms with Crippen LogP contribution in [0.5, 0.6) is 5.75 Å². The van der Waals surface area contributed by atoms with Crippen molar-refractivity contribution in [1.82, 2.24) is 9.97 Å². The molecule has 0 fully saturated rings. The number of rotatable bonds is 2. The lowest BCUT2D eigenvalue weighted by Crippen LogP contribution is -2.22. The molecule has 0 saturated carbocycles. The zero-order valence-corrected chi connectivity index (χ0v) is 13.2. The van der Waals surface area contributed by atoms with Crippen molar-refractivity contribution in [3.05, 3.63) is 60.4 Å². The molecule has 5 nitrogen and oxygen atoms in total. The third kappa shape index (κ3) is 1.91. The molecule has 0 radical (unpaired) electrons. The van der Waals surface area contributed by atoms with E-state index in [0.717, 1.165) is 40.1 Å². The summed E-state index contributed by atoms with van der Waals surface area (Å²) < 4.78 is 5.37. The highest BCUT2D eigenvalue weighted by Gasteiger charge is 2.22. The van der Waals surface area contributed by atoms with Crippen molar-refractivity contribution in [3.63, 3.8) is 0 Å². The monoisotopic (exact) mass is 316 g/mol. The Morgan fingerprint density at radius 3 is 3.00 bits per heavy atom. The number of H-pyrrole nitrogens is 1. The molecule has 0 unspecified atom stereocenters. The van der Waals surface area contributed by atoms with Gasteiger partial charge in [-0.05, 0) is 41.8 Å². The second-order valence-corrected chi connectivity index (χ2v) is 5.98. The first kappa shape index (κ1) is 13.2. The first-order chi connectivity index (χ1) is 11.8. The fourth-order valence-corrected chi connectivity index (χ4v) is 3.32. The molecule has 0 bridgehead atoms. The number of fused-ring (bicyclic) bond motifs is 4. The number of aromatic amines is 1. The van der Waals surface area contributed by atoms with E-state index in [-0.39, 0.29) is 0 Å². The van der Waals surface area contributed by atoms with Crippen LogP contribution in [0.2, 0.25) is 0 Å². The fraction of sp³-hybridized carbons (Fsp3) is 0.105. The van der Waals surface area contributed by atoms with Crippen LogP contribution in [-0.4, -0.2) is 17.1 Å². The van der Waals surface area contributed by atoms with Crippen LogP contribution in [0, 0.1) is 0 Å². The average Bonchev–Trinajstić information content (AvgIpc) is 3.27. The molecule has 4 aromatic rings. The zero-order valence-electron chi connectivity index (χ0n) is 13.2. The molecule has 118 valence electrons. The predicted octanol–water partition coefficient (Wildman–Crippen LogP) is 4.07. The van der Waals surface area contributed by atoms with Gasteiger partial charge in [0.1, 0.15) is 5.75 Å². The van der Waals surface area contributed by atoms with Crippen molar-refractivity contribution in [2.75, 3.05) is 17.5 Å². The SMILES string of the molecule is COc1ccc2ncc3c(c2c1)CN(c1ccc2cc[nH]c2c1)N3. The predicted molar refractivity (Wildman–Crippen MR) is 96.4 cm³/mol. The molecule has 24 heavy (non-hydrogen) atoms. The fourth-order valence-electron chi connectivity index (χ4n) is 3.32. The van der Waals surface area contributed by atoms with Crippen molar-refractivity contribution < 1.29 is 4.74 Å². The Balaban J connectivity index is 1.58. The number of ether oxygens (including phenoxy) is 1. The summed E-state index contributed by atoms with van der Waals surface area (Å²) in [6.07, 6.45) is 3.86. The average molecular weight is 316 g/mol. The third-order valence-corrected chi connectivity index (χ3v) is 4.61. The maximum Gasteiger partial charge on any atom is 0.119 e. The molecule has 5 heteroatoms. The molecule has 1 aliphatic rings. The van der Waals surface area contributed by atoms with Gasteiger partial charge in [-0.3, -0.25) is 15.4 Å². The number of nitrogens with one attached hydrogen (secondary N) is 2. The standard InChI is InChI=1S/C19H16N4O/c1-24-14-4-5-17-15(9-14)16-11-23(22-19(16)10-21-17)13-3-2-12-6-7-20-18(12)8-13/h2-10,20,22H,11H2,1H3. The van der Waals surface area contributed by atoms with Gasteiger partial charge in [-0.15, -0.1) is 0 Å². The Morgan fingerprint density at radius 2 is 2.08 bits per heavy atom. The number of anilines is 2. The molecular weight excluding hydrogens is 300 g/mol. The Kier molecular flexibility index (Phi) is 2.70. The molecule has 2 aromatic heterocycles. The number of aromatic nitrogens is 2. The highest BCUT2D eigenvalue weighted by atomic mass is 16.5. The highest BCUT2D eigenvalue weighted by molar-refractivity contribution is 5.90. The van der Waals surface area contributed by atoms with E-state index in [1.165, 1.54) is 10.9 Å². The number of hydrazine groups is 1. The summed E-state index contributed by atoms with van der Waals surface area (Å²) in [5.74, 6) is 0.851. The quantitative estimate of drug-likeness (QED) is 0.585. The van der Waals surface area contributed by atoms with Crippen LogP contribution in [0.3, 0.4) is 0 Å². The van der Waals surface area contributed by atoms with Crippen LogP contribution in [0.4, 0.5) is 11.4 Å². The normalized spacial score (nSPS) is 13.3. The number of methoxy groups -OCH3 is 1. The minimum absolute atomic E-state index is 0.785. The van der Waals surface area contributed by atoms with Gasteiger partial charge in [-0.25, -0.2) is 0 Å². The van der Waals surface area contributed by atoms with Gasteiger partial charge in [0.05, 0.1) is 36.7 Å². The van der Waals surface area contributed by atoms with Crippen LogP contribution in [-0.2, 0) is 6.54 Å². The molecule has 5 rings (SSSR count). The molecule has 0 atom stereocenters. The van der Waals surface area contributed by atoms with E-state index in [2.05, 4.69) is 50.7 Å². The minimum Gasteiger partial charge on any atom is -0.497 e. The van der Waals surface area contributed by atoms with Crippen molar-refractivity contribution in [3.8, 4) is 5.75 Å². The van der Waals surface area contributed by atoms with E-state index in [9.17, 15) is 0 Å². The smallest absolute Gasteiger partial charge is 0.119 e. The summed E-state index contributed by atoms with van der Waals surface area (Å²) in [4.78, 5) is 7.81. The van der Waals surface area contributed by atoms with Crippen LogP contribution in [0.25, 0.3) is 21.8 Å². The summed E-state index contributed by atoms with van der Waals surface area (Å²) in [7, 11) is 1.69. The zero-order chi connectivity index (χ0) is 16.1. The molecular formula is C19H16N4O. The van der Waals surface area contributed by atoms with E-state index >= 15 is 0 Å². The summed E-state index contributed by atoms with van der Waals surface area (Å²) in [5, 5.41) is 4.49. The van der Waals surface area contributed by atoms with E-state index in [4.69, 9.17) is 4.74 Å². The topological polar surface area (TPSA) is 53.2 Å². The first-order valence-electron chi connectivity index (χ1n) is 7.89. The summed E-state index contributed by atoms with van der Waals surface area (Å²) in [5.41, 5.74) is 8.98. The van der Waals surface area contributed by atoms with Gasteiger partial charge >= 0.3 is 0 Å². The highest BCUT2D eigenvalue weighted by Crippen LogP contribution is 2.35. The van der Waals surface area contributed by atoms with E-state index in [1.54, 1.807) is 7.11 Å². The Morgan fingerprint density at radius 1 is 1.12 bits per heavy atom. The van der Waals surface area contributed by atoms with Crippen LogP contribution >= 0.6 is 0 Å². The van der Waals surface area contributed by atoms with Crippen molar-refractivity contribution in [2.24, 2.45) is 0 Å². The van der Waals surface area contributed by atoms with Gasteiger partial charge in [-0.1, -0.05) is 6.07 Å². The van der Waals surface area contributed by atoms with Gasteiger partial charge in [-0.2, -0.15) is 0 Å². The van der Waals surface area contributed by atoms with E-state index < -0.39 is 0 Å². The van der Waals surface area contributed by atoms with Crippen LogP contribution in [0.1, 0.15) is 5.56 Å².